The third-order valence-corrected chi connectivity index (χ3v) is 6.98. The summed E-state index contributed by atoms with van der Waals surface area (Å²) in [7, 11) is -4.02. The van der Waals surface area contributed by atoms with Crippen molar-refractivity contribution in [2.45, 2.75) is 16.7 Å². The van der Waals surface area contributed by atoms with Crippen molar-refractivity contribution >= 4 is 39.6 Å². The molecule has 1 aromatic heterocycles. The fourth-order valence-electron chi connectivity index (χ4n) is 2.85. The number of carbonyl (C=O) groups excluding carboxylic acids is 1. The number of nitrogens with one attached hydrogen (secondary N) is 1. The van der Waals surface area contributed by atoms with Gasteiger partial charge in [-0.2, -0.15) is 5.10 Å². The van der Waals surface area contributed by atoms with Crippen LogP contribution in [0, 0.1) is 0 Å². The van der Waals surface area contributed by atoms with Crippen molar-refractivity contribution in [1.29, 1.82) is 0 Å². The van der Waals surface area contributed by atoms with Gasteiger partial charge in [0.05, 0.1) is 29.1 Å². The standard InChI is InChI=1S/C23H24N4O4S2/c1-3-31-20-9-7-19(8-10-20)27(33(29,30)22-13-11-21(32-2)12-14-22)17-23(28)26-25-16-18-6-4-5-15-24-18/h4-16H,3,17H2,1-2H3,(H,26,28)/b25-16-. The number of carbonyl (C=O) groups is 1. The van der Waals surface area contributed by atoms with E-state index >= 15 is 0 Å². The van der Waals surface area contributed by atoms with Gasteiger partial charge in [0.15, 0.2) is 0 Å². The molecule has 0 aliphatic rings. The highest BCUT2D eigenvalue weighted by molar-refractivity contribution is 7.98. The second-order valence-electron chi connectivity index (χ2n) is 6.66. The molecule has 172 valence electrons. The number of benzene rings is 2. The maximum atomic E-state index is 13.4. The van der Waals surface area contributed by atoms with Crippen LogP contribution in [0.5, 0.6) is 5.75 Å². The van der Waals surface area contributed by atoms with Crippen LogP contribution in [-0.4, -0.2) is 44.9 Å². The average molecular weight is 485 g/mol. The lowest BCUT2D eigenvalue weighted by Crippen LogP contribution is -2.39. The number of aromatic nitrogens is 1. The van der Waals surface area contributed by atoms with Gasteiger partial charge in [0.1, 0.15) is 12.3 Å². The van der Waals surface area contributed by atoms with Crippen LogP contribution in [-0.2, 0) is 14.8 Å². The molecule has 1 heterocycles. The Labute approximate surface area is 197 Å². The molecule has 0 unspecified atom stereocenters. The topological polar surface area (TPSA) is 101 Å². The first-order chi connectivity index (χ1) is 15.9. The number of sulfonamides is 1. The Morgan fingerprint density at radius 2 is 1.85 bits per heavy atom. The second-order valence-corrected chi connectivity index (χ2v) is 9.40. The molecule has 3 aromatic rings. The molecule has 10 heteroatoms. The Bertz CT molecular complexity index is 1180. The molecule has 0 spiro atoms. The molecule has 0 radical (unpaired) electrons. The highest BCUT2D eigenvalue weighted by Gasteiger charge is 2.27. The zero-order valence-corrected chi connectivity index (χ0v) is 19.8. The van der Waals surface area contributed by atoms with E-state index in [0.717, 1.165) is 9.20 Å². The normalized spacial score (nSPS) is 11.3. The summed E-state index contributed by atoms with van der Waals surface area (Å²) in [5, 5.41) is 3.87. The van der Waals surface area contributed by atoms with Gasteiger partial charge in [-0.1, -0.05) is 6.07 Å². The monoisotopic (exact) mass is 484 g/mol. The minimum atomic E-state index is -4.02. The van der Waals surface area contributed by atoms with Crippen molar-refractivity contribution in [1.82, 2.24) is 10.4 Å². The Hall–Kier alpha value is -3.37. The number of anilines is 1. The number of nitrogens with zero attached hydrogens (tertiary/aromatic N) is 3. The van der Waals surface area contributed by atoms with Gasteiger partial charge in [-0.25, -0.2) is 13.8 Å². The maximum absolute atomic E-state index is 13.4. The lowest BCUT2D eigenvalue weighted by molar-refractivity contribution is -0.119. The summed E-state index contributed by atoms with van der Waals surface area (Å²) in [6.45, 7) is 1.89. The lowest BCUT2D eigenvalue weighted by atomic mass is 10.3. The van der Waals surface area contributed by atoms with Gasteiger partial charge < -0.3 is 4.74 Å². The fourth-order valence-corrected chi connectivity index (χ4v) is 4.68. The van der Waals surface area contributed by atoms with Crippen molar-refractivity contribution < 1.29 is 17.9 Å². The Morgan fingerprint density at radius 3 is 2.45 bits per heavy atom. The van der Waals surface area contributed by atoms with E-state index in [0.29, 0.717) is 23.7 Å². The SMILES string of the molecule is CCOc1ccc(N(CC(=O)N/N=C\c2ccccn2)S(=O)(=O)c2ccc(SC)cc2)cc1. The third-order valence-electron chi connectivity index (χ3n) is 4.44. The van der Waals surface area contributed by atoms with Gasteiger partial charge in [0, 0.05) is 11.1 Å². The van der Waals surface area contributed by atoms with Gasteiger partial charge in [-0.05, 0) is 73.8 Å². The zero-order chi connectivity index (χ0) is 23.7. The van der Waals surface area contributed by atoms with E-state index in [1.165, 1.54) is 30.1 Å². The van der Waals surface area contributed by atoms with Crippen LogP contribution in [0.1, 0.15) is 12.6 Å². The molecule has 2 aromatic carbocycles. The van der Waals surface area contributed by atoms with Gasteiger partial charge in [-0.3, -0.25) is 14.1 Å². The summed E-state index contributed by atoms with van der Waals surface area (Å²) in [6.07, 6.45) is 4.89. The number of hydrogen-bond acceptors (Lipinski definition) is 7. The van der Waals surface area contributed by atoms with Crippen molar-refractivity contribution in [3.05, 3.63) is 78.6 Å². The largest absolute Gasteiger partial charge is 0.494 e. The molecule has 0 saturated heterocycles. The number of amides is 1. The summed E-state index contributed by atoms with van der Waals surface area (Å²) < 4.78 is 33.3. The third kappa shape index (κ3) is 6.56. The van der Waals surface area contributed by atoms with Crippen molar-refractivity contribution in [3.63, 3.8) is 0 Å². The molecule has 0 aliphatic carbocycles. The quantitative estimate of drug-likeness (QED) is 0.268. The predicted octanol–water partition coefficient (Wildman–Crippen LogP) is 3.55. The number of thioether (sulfide) groups is 1. The lowest BCUT2D eigenvalue weighted by Gasteiger charge is -2.24. The Morgan fingerprint density at radius 1 is 1.12 bits per heavy atom. The summed E-state index contributed by atoms with van der Waals surface area (Å²) in [5.41, 5.74) is 3.25. The van der Waals surface area contributed by atoms with Gasteiger partial charge in [0.2, 0.25) is 0 Å². The van der Waals surface area contributed by atoms with Crippen molar-refractivity contribution in [2.24, 2.45) is 5.10 Å². The minimum Gasteiger partial charge on any atom is -0.494 e. The van der Waals surface area contributed by atoms with Crippen LogP contribution in [0.3, 0.4) is 0 Å². The molecule has 0 fully saturated rings. The summed E-state index contributed by atoms with van der Waals surface area (Å²) in [5.74, 6) is 0.00714. The Balaban J connectivity index is 1.85. The molecule has 0 bridgehead atoms. The van der Waals surface area contributed by atoms with E-state index in [4.69, 9.17) is 4.74 Å². The van der Waals surface area contributed by atoms with Gasteiger partial charge in [-0.15, -0.1) is 11.8 Å². The minimum absolute atomic E-state index is 0.0824. The van der Waals surface area contributed by atoms with E-state index in [1.54, 1.807) is 60.8 Å². The predicted molar refractivity (Wildman–Crippen MR) is 130 cm³/mol. The zero-order valence-electron chi connectivity index (χ0n) is 18.2. The van der Waals surface area contributed by atoms with Crippen LogP contribution in [0.25, 0.3) is 0 Å². The number of ether oxygens (including phenoxy) is 1. The average Bonchev–Trinajstić information content (AvgIpc) is 2.84. The Kier molecular flexibility index (Phi) is 8.45. The highest BCUT2D eigenvalue weighted by atomic mass is 32.2. The first-order valence-corrected chi connectivity index (χ1v) is 12.7. The van der Waals surface area contributed by atoms with Gasteiger partial charge in [0.25, 0.3) is 15.9 Å². The van der Waals surface area contributed by atoms with E-state index in [-0.39, 0.29) is 4.90 Å². The number of hydrogen-bond donors (Lipinski definition) is 1. The summed E-state index contributed by atoms with van der Waals surface area (Å²) in [4.78, 5) is 17.7. The molecule has 0 saturated carbocycles. The fraction of sp³-hybridized carbons (Fsp3) is 0.174. The maximum Gasteiger partial charge on any atom is 0.264 e. The van der Waals surface area contributed by atoms with E-state index in [2.05, 4.69) is 15.5 Å². The molecule has 1 N–H and O–H groups in total. The molecule has 0 aliphatic heterocycles. The first kappa shape index (κ1) is 24.3. The number of hydrazone groups is 1. The van der Waals surface area contributed by atoms with E-state index in [9.17, 15) is 13.2 Å². The van der Waals surface area contributed by atoms with Crippen molar-refractivity contribution in [2.75, 3.05) is 23.7 Å². The smallest absolute Gasteiger partial charge is 0.264 e. The highest BCUT2D eigenvalue weighted by Crippen LogP contribution is 2.27. The summed E-state index contributed by atoms with van der Waals surface area (Å²) >= 11 is 1.51. The molecule has 8 nitrogen and oxygen atoms in total. The van der Waals surface area contributed by atoms with Crippen LogP contribution in [0.15, 0.2) is 87.8 Å². The van der Waals surface area contributed by atoms with E-state index in [1.807, 2.05) is 13.2 Å². The van der Waals surface area contributed by atoms with E-state index < -0.39 is 22.5 Å². The first-order valence-electron chi connectivity index (χ1n) is 10.1. The van der Waals surface area contributed by atoms with Crippen LogP contribution in [0.4, 0.5) is 5.69 Å². The molecular formula is C23H24N4O4S2. The summed E-state index contributed by atoms with van der Waals surface area (Å²) in [6, 6.07) is 18.3. The molecular weight excluding hydrogens is 460 g/mol. The number of pyridine rings is 1. The molecule has 3 rings (SSSR count). The van der Waals surface area contributed by atoms with Crippen LogP contribution >= 0.6 is 11.8 Å². The molecule has 0 atom stereocenters. The van der Waals surface area contributed by atoms with Gasteiger partial charge >= 0.3 is 0 Å². The number of rotatable bonds is 10. The second kappa shape index (κ2) is 11.5. The molecule has 33 heavy (non-hydrogen) atoms. The van der Waals surface area contributed by atoms with Crippen LogP contribution < -0.4 is 14.5 Å². The molecule has 1 amide bonds. The van der Waals surface area contributed by atoms with Crippen molar-refractivity contribution in [3.8, 4) is 5.75 Å². The van der Waals surface area contributed by atoms with Crippen LogP contribution in [0.2, 0.25) is 0 Å².